The molecule has 1 atom stereocenters. The van der Waals surface area contributed by atoms with Gasteiger partial charge in [0.25, 0.3) is 0 Å². The van der Waals surface area contributed by atoms with E-state index in [9.17, 15) is 4.79 Å². The van der Waals surface area contributed by atoms with Crippen molar-refractivity contribution < 1.29 is 9.90 Å². The molecule has 0 heterocycles. The Labute approximate surface area is 87.5 Å². The Bertz CT molecular complexity index is 352. The van der Waals surface area contributed by atoms with Crippen LogP contribution in [0.4, 0.5) is 0 Å². The maximum atomic E-state index is 10.5. The van der Waals surface area contributed by atoms with Crippen LogP contribution in [0.5, 0.6) is 0 Å². The Hall–Kier alpha value is -1.06. The minimum atomic E-state index is -1.01. The summed E-state index contributed by atoms with van der Waals surface area (Å²) in [5, 5.41) is 9.19. The van der Waals surface area contributed by atoms with Crippen LogP contribution in [-0.2, 0) is 11.2 Å². The Balaban J connectivity index is 2.82. The van der Waals surface area contributed by atoms with Crippen molar-refractivity contribution in [2.45, 2.75) is 19.4 Å². The summed E-state index contributed by atoms with van der Waals surface area (Å²) in [5.74, 6) is -1.01. The molecule has 3 nitrogen and oxygen atoms in total. The van der Waals surface area contributed by atoms with Crippen LogP contribution < -0.4 is 5.73 Å². The van der Waals surface area contributed by atoms with Gasteiger partial charge in [-0.15, -0.1) is 0 Å². The molecule has 1 rings (SSSR count). The fourth-order valence-corrected chi connectivity index (χ4v) is 1.45. The van der Waals surface area contributed by atoms with Gasteiger partial charge in [-0.3, -0.25) is 4.79 Å². The van der Waals surface area contributed by atoms with Gasteiger partial charge >= 0.3 is 5.97 Å². The highest BCUT2D eigenvalue weighted by Crippen LogP contribution is 2.18. The summed E-state index contributed by atoms with van der Waals surface area (Å²) >= 11 is 5.93. The molecule has 0 aliphatic carbocycles. The maximum absolute atomic E-state index is 10.5. The molecule has 1 aromatic rings. The molecule has 3 N–H and O–H groups in total. The Kier molecular flexibility index (Phi) is 3.49. The number of carboxylic acids is 1. The third-order valence-electron chi connectivity index (χ3n) is 1.97. The number of halogens is 1. The molecule has 0 radical (unpaired) electrons. The van der Waals surface area contributed by atoms with E-state index < -0.39 is 12.0 Å². The zero-order valence-electron chi connectivity index (χ0n) is 7.83. The van der Waals surface area contributed by atoms with Crippen LogP contribution >= 0.6 is 11.6 Å². The lowest BCUT2D eigenvalue weighted by Crippen LogP contribution is -2.32. The molecule has 1 aromatic carbocycles. The molecule has 0 bridgehead atoms. The lowest BCUT2D eigenvalue weighted by Gasteiger charge is -2.08. The zero-order chi connectivity index (χ0) is 10.7. The van der Waals surface area contributed by atoms with E-state index in [-0.39, 0.29) is 6.42 Å². The van der Waals surface area contributed by atoms with E-state index in [1.807, 2.05) is 13.0 Å². The monoisotopic (exact) mass is 213 g/mol. The summed E-state index contributed by atoms with van der Waals surface area (Å²) in [6.45, 7) is 1.92. The number of carbonyl (C=O) groups is 1. The minimum Gasteiger partial charge on any atom is -0.480 e. The van der Waals surface area contributed by atoms with Gasteiger partial charge in [0.15, 0.2) is 0 Å². The first-order chi connectivity index (χ1) is 6.50. The highest BCUT2D eigenvalue weighted by molar-refractivity contribution is 6.31. The normalized spacial score (nSPS) is 12.5. The molecule has 0 fully saturated rings. The number of hydrogen-bond donors (Lipinski definition) is 2. The molecular weight excluding hydrogens is 202 g/mol. The second kappa shape index (κ2) is 4.44. The summed E-state index contributed by atoms with van der Waals surface area (Å²) in [5.41, 5.74) is 7.21. The summed E-state index contributed by atoms with van der Waals surface area (Å²) in [6, 6.07) is 4.59. The average Bonchev–Trinajstić information content (AvgIpc) is 2.09. The molecule has 0 aliphatic heterocycles. The van der Waals surface area contributed by atoms with E-state index >= 15 is 0 Å². The Morgan fingerprint density at radius 1 is 1.64 bits per heavy atom. The average molecular weight is 214 g/mol. The topological polar surface area (TPSA) is 63.3 Å². The van der Waals surface area contributed by atoms with Gasteiger partial charge in [-0.25, -0.2) is 0 Å². The summed E-state index contributed by atoms with van der Waals surface area (Å²) in [7, 11) is 0. The van der Waals surface area contributed by atoms with Crippen LogP contribution in [0.3, 0.4) is 0 Å². The van der Waals surface area contributed by atoms with Gasteiger partial charge in [0.2, 0.25) is 0 Å². The highest BCUT2D eigenvalue weighted by atomic mass is 35.5. The lowest BCUT2D eigenvalue weighted by molar-refractivity contribution is -0.138. The van der Waals surface area contributed by atoms with E-state index in [0.717, 1.165) is 11.1 Å². The number of aliphatic carboxylic acids is 1. The summed E-state index contributed by atoms with van der Waals surface area (Å²) in [4.78, 5) is 10.5. The molecule has 0 unspecified atom stereocenters. The van der Waals surface area contributed by atoms with Crippen molar-refractivity contribution in [1.82, 2.24) is 0 Å². The highest BCUT2D eigenvalue weighted by Gasteiger charge is 2.13. The van der Waals surface area contributed by atoms with Crippen LogP contribution in [0, 0.1) is 6.92 Å². The maximum Gasteiger partial charge on any atom is 0.320 e. The van der Waals surface area contributed by atoms with Crippen molar-refractivity contribution >= 4 is 17.6 Å². The predicted octanol–water partition coefficient (Wildman–Crippen LogP) is 1.60. The van der Waals surface area contributed by atoms with Crippen LogP contribution in [0.1, 0.15) is 11.1 Å². The molecule has 76 valence electrons. The van der Waals surface area contributed by atoms with E-state index in [4.69, 9.17) is 22.4 Å². The molecular formula is C10H12ClNO2. The van der Waals surface area contributed by atoms with Gasteiger partial charge in [-0.05, 0) is 30.5 Å². The SMILES string of the molecule is Cc1ccc(C[C@H](N)C(=O)O)c(Cl)c1. The van der Waals surface area contributed by atoms with Crippen molar-refractivity contribution in [3.05, 3.63) is 34.3 Å². The third-order valence-corrected chi connectivity index (χ3v) is 2.32. The van der Waals surface area contributed by atoms with E-state index in [1.165, 1.54) is 0 Å². The second-order valence-electron chi connectivity index (χ2n) is 3.24. The van der Waals surface area contributed by atoms with Gasteiger partial charge < -0.3 is 10.8 Å². The van der Waals surface area contributed by atoms with E-state index in [0.29, 0.717) is 5.02 Å². The van der Waals surface area contributed by atoms with E-state index in [2.05, 4.69) is 0 Å². The molecule has 0 saturated heterocycles. The summed E-state index contributed by atoms with van der Waals surface area (Å²) < 4.78 is 0. The van der Waals surface area contributed by atoms with Gasteiger partial charge in [0.1, 0.15) is 6.04 Å². The van der Waals surface area contributed by atoms with Crippen molar-refractivity contribution in [3.8, 4) is 0 Å². The molecule has 14 heavy (non-hydrogen) atoms. The number of aryl methyl sites for hydroxylation is 1. The van der Waals surface area contributed by atoms with Crippen molar-refractivity contribution in [2.75, 3.05) is 0 Å². The standard InChI is InChI=1S/C10H12ClNO2/c1-6-2-3-7(8(11)4-6)5-9(12)10(13)14/h2-4,9H,5,12H2,1H3,(H,13,14)/t9-/m0/s1. The molecule has 0 aliphatic rings. The van der Waals surface area contributed by atoms with Gasteiger partial charge in [0, 0.05) is 5.02 Å². The van der Waals surface area contributed by atoms with Gasteiger partial charge in [0.05, 0.1) is 0 Å². The quantitative estimate of drug-likeness (QED) is 0.802. The summed E-state index contributed by atoms with van der Waals surface area (Å²) in [6.07, 6.45) is 0.258. The molecule has 4 heteroatoms. The van der Waals surface area contributed by atoms with E-state index in [1.54, 1.807) is 12.1 Å². The van der Waals surface area contributed by atoms with Crippen LogP contribution in [0.2, 0.25) is 5.02 Å². The third kappa shape index (κ3) is 2.72. The number of benzene rings is 1. The first kappa shape index (κ1) is 11.0. The Morgan fingerprint density at radius 2 is 2.29 bits per heavy atom. The van der Waals surface area contributed by atoms with Crippen molar-refractivity contribution in [1.29, 1.82) is 0 Å². The van der Waals surface area contributed by atoms with Crippen LogP contribution in [-0.4, -0.2) is 17.1 Å². The minimum absolute atomic E-state index is 0.258. The smallest absolute Gasteiger partial charge is 0.320 e. The number of hydrogen-bond acceptors (Lipinski definition) is 2. The van der Waals surface area contributed by atoms with Gasteiger partial charge in [-0.1, -0.05) is 23.7 Å². The number of carboxylic acid groups (broad SMARTS) is 1. The number of rotatable bonds is 3. The first-order valence-electron chi connectivity index (χ1n) is 4.24. The fourth-order valence-electron chi connectivity index (χ4n) is 1.14. The largest absolute Gasteiger partial charge is 0.480 e. The Morgan fingerprint density at radius 3 is 2.79 bits per heavy atom. The molecule has 0 spiro atoms. The van der Waals surface area contributed by atoms with Crippen molar-refractivity contribution in [2.24, 2.45) is 5.73 Å². The predicted molar refractivity (Wildman–Crippen MR) is 55.5 cm³/mol. The first-order valence-corrected chi connectivity index (χ1v) is 4.62. The van der Waals surface area contributed by atoms with Crippen LogP contribution in [0.25, 0.3) is 0 Å². The molecule has 0 aromatic heterocycles. The van der Waals surface area contributed by atoms with Crippen LogP contribution in [0.15, 0.2) is 18.2 Å². The lowest BCUT2D eigenvalue weighted by atomic mass is 10.1. The molecule has 0 amide bonds. The zero-order valence-corrected chi connectivity index (χ0v) is 8.58. The second-order valence-corrected chi connectivity index (χ2v) is 3.65. The van der Waals surface area contributed by atoms with Gasteiger partial charge in [-0.2, -0.15) is 0 Å². The van der Waals surface area contributed by atoms with Crippen molar-refractivity contribution in [3.63, 3.8) is 0 Å². The fraction of sp³-hybridized carbons (Fsp3) is 0.300. The number of nitrogens with two attached hydrogens (primary N) is 1. The molecule has 0 saturated carbocycles.